The van der Waals surface area contributed by atoms with Crippen molar-refractivity contribution in [2.75, 3.05) is 4.90 Å². The van der Waals surface area contributed by atoms with E-state index < -0.39 is 0 Å². The van der Waals surface area contributed by atoms with E-state index in [0.29, 0.717) is 0 Å². The van der Waals surface area contributed by atoms with Crippen molar-refractivity contribution in [1.29, 1.82) is 0 Å². The van der Waals surface area contributed by atoms with Crippen molar-refractivity contribution >= 4 is 33.9 Å². The predicted octanol–water partition coefficient (Wildman–Crippen LogP) is 14.8. The van der Waals surface area contributed by atoms with E-state index in [1.165, 1.54) is 89.0 Å². The first-order valence-corrected chi connectivity index (χ1v) is 19.9. The second-order valence-corrected chi connectivity index (χ2v) is 16.6. The Balaban J connectivity index is 0.992. The molecule has 1 aliphatic carbocycles. The number of fused-ring (bicyclic) bond motifs is 6. The van der Waals surface area contributed by atoms with Gasteiger partial charge >= 0.3 is 0 Å². The van der Waals surface area contributed by atoms with Crippen molar-refractivity contribution < 1.29 is 0 Å². The van der Waals surface area contributed by atoms with Crippen LogP contribution < -0.4 is 4.90 Å². The molecule has 1 heteroatoms. The molecule has 1 atom stereocenters. The van der Waals surface area contributed by atoms with Crippen LogP contribution in [-0.4, -0.2) is 0 Å². The van der Waals surface area contributed by atoms with Crippen molar-refractivity contribution in [2.45, 2.75) is 44.4 Å². The third-order valence-electron chi connectivity index (χ3n) is 12.6. The van der Waals surface area contributed by atoms with Crippen molar-refractivity contribution in [2.24, 2.45) is 0 Å². The maximum Gasteiger partial charge on any atom is 0.0540 e. The normalized spacial score (nSPS) is 15.2. The summed E-state index contributed by atoms with van der Waals surface area (Å²) in [7, 11) is 0. The molecule has 0 N–H and O–H groups in total. The van der Waals surface area contributed by atoms with E-state index in [0.717, 1.165) is 0 Å². The lowest BCUT2D eigenvalue weighted by atomic mass is 9.73. The van der Waals surface area contributed by atoms with Gasteiger partial charge in [0.25, 0.3) is 0 Å². The fourth-order valence-electron chi connectivity index (χ4n) is 9.53. The molecule has 270 valence electrons. The molecule has 56 heavy (non-hydrogen) atoms. The van der Waals surface area contributed by atoms with E-state index in [-0.39, 0.29) is 16.7 Å². The van der Waals surface area contributed by atoms with Crippen LogP contribution in [-0.2, 0) is 10.8 Å². The number of anilines is 3. The van der Waals surface area contributed by atoms with E-state index in [1.807, 2.05) is 0 Å². The number of benzene rings is 8. The van der Waals surface area contributed by atoms with E-state index in [2.05, 4.69) is 227 Å². The second-order valence-electron chi connectivity index (χ2n) is 16.6. The van der Waals surface area contributed by atoms with Gasteiger partial charge < -0.3 is 4.90 Å². The van der Waals surface area contributed by atoms with Crippen LogP contribution in [0.15, 0.2) is 188 Å². The van der Waals surface area contributed by atoms with Crippen molar-refractivity contribution in [1.82, 2.24) is 0 Å². The van der Waals surface area contributed by atoms with Crippen molar-refractivity contribution in [3.05, 3.63) is 227 Å². The van der Waals surface area contributed by atoms with Gasteiger partial charge in [-0.1, -0.05) is 198 Å². The molecule has 0 amide bonds. The Morgan fingerprint density at radius 2 is 1.05 bits per heavy atom. The molecule has 0 saturated heterocycles. The highest BCUT2D eigenvalue weighted by molar-refractivity contribution is 6.01. The van der Waals surface area contributed by atoms with Crippen LogP contribution in [0.4, 0.5) is 17.1 Å². The van der Waals surface area contributed by atoms with E-state index in [9.17, 15) is 0 Å². The number of para-hydroxylation sites is 1. The first kappa shape index (κ1) is 34.1. The largest absolute Gasteiger partial charge is 0.309 e. The highest BCUT2D eigenvalue weighted by Gasteiger charge is 2.38. The molecule has 1 nitrogen and oxygen atoms in total. The van der Waals surface area contributed by atoms with Gasteiger partial charge in [0.15, 0.2) is 0 Å². The number of hydrogen-bond acceptors (Lipinski definition) is 1. The molecule has 0 spiro atoms. The molecule has 1 aliphatic heterocycles. The zero-order chi connectivity index (χ0) is 38.0. The lowest BCUT2D eigenvalue weighted by molar-refractivity contribution is 0.632. The maximum absolute atomic E-state index is 2.47. The van der Waals surface area contributed by atoms with Gasteiger partial charge in [-0.15, -0.1) is 0 Å². The highest BCUT2D eigenvalue weighted by atomic mass is 15.2. The Hall–Kier alpha value is -6.44. The number of nitrogens with zero attached hydrogens (tertiary/aromatic N) is 1. The zero-order valence-corrected chi connectivity index (χ0v) is 32.5. The molecular weight excluding hydrogens is 675 g/mol. The summed E-state index contributed by atoms with van der Waals surface area (Å²) in [6, 6.07) is 67.3. The van der Waals surface area contributed by atoms with Gasteiger partial charge in [0.05, 0.1) is 17.1 Å². The molecule has 8 aromatic carbocycles. The molecule has 10 rings (SSSR count). The molecule has 1 unspecified atom stereocenters. The molecule has 0 bridgehead atoms. The van der Waals surface area contributed by atoms with Crippen LogP contribution >= 0.6 is 0 Å². The number of rotatable bonds is 6. The maximum atomic E-state index is 2.47. The molecule has 2 aliphatic rings. The number of allylic oxidation sites excluding steroid dienone is 1. The van der Waals surface area contributed by atoms with Gasteiger partial charge in [-0.3, -0.25) is 0 Å². The van der Waals surface area contributed by atoms with Gasteiger partial charge in [0.1, 0.15) is 0 Å². The molecule has 0 aromatic heterocycles. The zero-order valence-electron chi connectivity index (χ0n) is 32.5. The van der Waals surface area contributed by atoms with Gasteiger partial charge in [-0.05, 0) is 90.8 Å². The minimum absolute atomic E-state index is 0.0355. The third-order valence-corrected chi connectivity index (χ3v) is 12.6. The lowest BCUT2D eigenvalue weighted by Crippen LogP contribution is -2.30. The third kappa shape index (κ3) is 5.45. The lowest BCUT2D eigenvalue weighted by Gasteiger charge is -2.42. The second kappa shape index (κ2) is 13.1. The average molecular weight is 720 g/mol. The van der Waals surface area contributed by atoms with Gasteiger partial charge in [-0.2, -0.15) is 0 Å². The Morgan fingerprint density at radius 3 is 1.89 bits per heavy atom. The summed E-state index contributed by atoms with van der Waals surface area (Å²) in [4.78, 5) is 2.47. The Morgan fingerprint density at radius 1 is 0.429 bits per heavy atom. The summed E-state index contributed by atoms with van der Waals surface area (Å²) >= 11 is 0. The highest BCUT2D eigenvalue weighted by Crippen LogP contribution is 2.54. The molecule has 8 aromatic rings. The fourth-order valence-corrected chi connectivity index (χ4v) is 9.53. The van der Waals surface area contributed by atoms with Gasteiger partial charge in [0.2, 0.25) is 0 Å². The number of hydrogen-bond donors (Lipinski definition) is 0. The van der Waals surface area contributed by atoms with Crippen LogP contribution in [0.5, 0.6) is 0 Å². The topological polar surface area (TPSA) is 3.24 Å². The van der Waals surface area contributed by atoms with Crippen LogP contribution in [0, 0.1) is 0 Å². The summed E-state index contributed by atoms with van der Waals surface area (Å²) in [6.45, 7) is 9.46. The van der Waals surface area contributed by atoms with Gasteiger partial charge in [-0.25, -0.2) is 0 Å². The quantitative estimate of drug-likeness (QED) is 0.165. The molecule has 0 radical (unpaired) electrons. The Bertz CT molecular complexity index is 2800. The van der Waals surface area contributed by atoms with Crippen molar-refractivity contribution in [3.8, 4) is 22.3 Å². The van der Waals surface area contributed by atoms with Crippen LogP contribution in [0.1, 0.15) is 72.6 Å². The monoisotopic (exact) mass is 719 g/mol. The standard InChI is InChI=1S/C55H45N/c1-54(2)47-21-11-10-20-45(47)46-33-30-42(36-49(46)54)43(39-15-6-5-7-16-39)32-27-37-25-28-38(29-26-37)41-31-34-53-50(35-41)55(3,4)48-22-12-13-23-52(48)56(53)51-24-14-18-40-17-8-9-19-44(40)51/h5-36,43H,1-4H3/b32-27+. The molecule has 1 heterocycles. The SMILES string of the molecule is CC1(C)c2ccccc2-c2ccc(C(/C=C/c3ccc(-c4ccc5c(c4)C(C)(C)c4ccccc4N5c4cccc5ccccc45)cc3)c3ccccc3)cc21. The molecular formula is C55H45N. The summed E-state index contributed by atoms with van der Waals surface area (Å²) in [5, 5.41) is 2.50. The summed E-state index contributed by atoms with van der Waals surface area (Å²) in [6.07, 6.45) is 4.67. The van der Waals surface area contributed by atoms with E-state index in [4.69, 9.17) is 0 Å². The summed E-state index contributed by atoms with van der Waals surface area (Å²) in [5.74, 6) is 0.135. The van der Waals surface area contributed by atoms with E-state index >= 15 is 0 Å². The smallest absolute Gasteiger partial charge is 0.0540 e. The van der Waals surface area contributed by atoms with Gasteiger partial charge in [0, 0.05) is 22.1 Å². The average Bonchev–Trinajstić information content (AvgIpc) is 3.47. The van der Waals surface area contributed by atoms with E-state index in [1.54, 1.807) is 0 Å². The van der Waals surface area contributed by atoms with Crippen LogP contribution in [0.2, 0.25) is 0 Å². The Labute approximate surface area is 331 Å². The fraction of sp³-hybridized carbons (Fsp3) is 0.127. The first-order valence-electron chi connectivity index (χ1n) is 19.9. The minimum Gasteiger partial charge on any atom is -0.309 e. The van der Waals surface area contributed by atoms with Crippen molar-refractivity contribution in [3.63, 3.8) is 0 Å². The summed E-state index contributed by atoms with van der Waals surface area (Å²) < 4.78 is 0. The predicted molar refractivity (Wildman–Crippen MR) is 238 cm³/mol. The van der Waals surface area contributed by atoms with Crippen LogP contribution in [0.25, 0.3) is 39.1 Å². The molecule has 0 fully saturated rings. The first-order chi connectivity index (χ1) is 27.3. The minimum atomic E-state index is -0.173. The van der Waals surface area contributed by atoms with Crippen LogP contribution in [0.3, 0.4) is 0 Å². The molecule has 0 saturated carbocycles. The summed E-state index contributed by atoms with van der Waals surface area (Å²) in [5.41, 5.74) is 17.9. The Kier molecular flexibility index (Phi) is 7.97.